The third kappa shape index (κ3) is 5.77. The minimum Gasteiger partial charge on any atom is -0.481 e. The molecule has 2 amide bonds. The van der Waals surface area contributed by atoms with Crippen molar-refractivity contribution in [3.05, 3.63) is 0 Å². The SMILES string of the molecule is CO[C@H]1CC[C@H](N(C(=O)NC2=NCC(SCC(=O)O)S2)C2CCCC2)CC1. The van der Waals surface area contributed by atoms with E-state index in [1.165, 1.54) is 36.4 Å². The maximum absolute atomic E-state index is 13.1. The Kier molecular flexibility index (Phi) is 7.72. The maximum atomic E-state index is 13.1. The van der Waals surface area contributed by atoms with Crippen LogP contribution in [0.5, 0.6) is 0 Å². The van der Waals surface area contributed by atoms with Crippen LogP contribution < -0.4 is 5.32 Å². The van der Waals surface area contributed by atoms with Crippen molar-refractivity contribution in [2.75, 3.05) is 19.4 Å². The lowest BCUT2D eigenvalue weighted by Crippen LogP contribution is -2.53. The third-order valence-electron chi connectivity index (χ3n) is 5.56. The lowest BCUT2D eigenvalue weighted by molar-refractivity contribution is -0.133. The van der Waals surface area contributed by atoms with Gasteiger partial charge in [0.2, 0.25) is 0 Å². The average molecular weight is 416 g/mol. The van der Waals surface area contributed by atoms with E-state index in [0.29, 0.717) is 23.9 Å². The zero-order chi connectivity index (χ0) is 19.2. The number of nitrogens with zero attached hydrogens (tertiary/aromatic N) is 2. The van der Waals surface area contributed by atoms with Crippen LogP contribution in [0.25, 0.3) is 0 Å². The molecule has 0 radical (unpaired) electrons. The highest BCUT2D eigenvalue weighted by Gasteiger charge is 2.36. The Balaban J connectivity index is 1.56. The number of carboxylic acids is 1. The predicted molar refractivity (Wildman–Crippen MR) is 109 cm³/mol. The van der Waals surface area contributed by atoms with Crippen molar-refractivity contribution in [2.45, 2.75) is 74.1 Å². The Hall–Kier alpha value is -0.930. The van der Waals surface area contributed by atoms with Crippen LogP contribution in [-0.4, -0.2) is 69.4 Å². The van der Waals surface area contributed by atoms with Gasteiger partial charge in [-0.2, -0.15) is 0 Å². The van der Waals surface area contributed by atoms with Gasteiger partial charge in [-0.25, -0.2) is 4.79 Å². The van der Waals surface area contributed by atoms with E-state index >= 15 is 0 Å². The zero-order valence-electron chi connectivity index (χ0n) is 15.8. The molecule has 0 aromatic heterocycles. The van der Waals surface area contributed by atoms with Gasteiger partial charge in [0.1, 0.15) is 0 Å². The lowest BCUT2D eigenvalue weighted by atomic mass is 9.91. The number of carboxylic acid groups (broad SMARTS) is 1. The van der Waals surface area contributed by atoms with Gasteiger partial charge in [-0.15, -0.1) is 11.8 Å². The maximum Gasteiger partial charge on any atom is 0.323 e. The Morgan fingerprint density at radius 1 is 1.22 bits per heavy atom. The summed E-state index contributed by atoms with van der Waals surface area (Å²) in [6.45, 7) is 0.542. The zero-order valence-corrected chi connectivity index (χ0v) is 17.4. The fourth-order valence-electron chi connectivity index (χ4n) is 4.20. The summed E-state index contributed by atoms with van der Waals surface area (Å²) in [5.41, 5.74) is 0. The van der Waals surface area contributed by atoms with Crippen LogP contribution in [0.1, 0.15) is 51.4 Å². The van der Waals surface area contributed by atoms with Crippen molar-refractivity contribution >= 4 is 40.7 Å². The molecule has 27 heavy (non-hydrogen) atoms. The fourth-order valence-corrected chi connectivity index (χ4v) is 6.16. The predicted octanol–water partition coefficient (Wildman–Crippen LogP) is 3.14. The second-order valence-corrected chi connectivity index (χ2v) is 10.0. The molecular weight excluding hydrogens is 386 g/mol. The highest BCUT2D eigenvalue weighted by atomic mass is 32.2. The number of rotatable bonds is 6. The molecule has 3 aliphatic rings. The minimum absolute atomic E-state index is 0.0436. The number of carbonyl (C=O) groups excluding carboxylic acids is 1. The number of amidine groups is 1. The van der Waals surface area contributed by atoms with Crippen LogP contribution in [0.3, 0.4) is 0 Å². The fraction of sp³-hybridized carbons (Fsp3) is 0.833. The molecule has 9 heteroatoms. The van der Waals surface area contributed by atoms with E-state index in [4.69, 9.17) is 9.84 Å². The number of aliphatic carboxylic acids is 1. The number of hydrogen-bond donors (Lipinski definition) is 2. The van der Waals surface area contributed by atoms with Gasteiger partial charge in [-0.3, -0.25) is 15.1 Å². The van der Waals surface area contributed by atoms with Gasteiger partial charge in [0.25, 0.3) is 0 Å². The van der Waals surface area contributed by atoms with Crippen molar-refractivity contribution in [2.24, 2.45) is 4.99 Å². The lowest BCUT2D eigenvalue weighted by Gasteiger charge is -2.40. The third-order valence-corrected chi connectivity index (χ3v) is 8.05. The van der Waals surface area contributed by atoms with Crippen LogP contribution in [0.4, 0.5) is 4.79 Å². The molecule has 7 nitrogen and oxygen atoms in total. The molecule has 2 fully saturated rings. The second kappa shape index (κ2) is 10.0. The molecule has 2 saturated carbocycles. The van der Waals surface area contributed by atoms with Crippen molar-refractivity contribution in [3.63, 3.8) is 0 Å². The van der Waals surface area contributed by atoms with Gasteiger partial charge in [-0.1, -0.05) is 24.6 Å². The summed E-state index contributed by atoms with van der Waals surface area (Å²) in [7, 11) is 1.76. The summed E-state index contributed by atoms with van der Waals surface area (Å²) in [6, 6.07) is 0.542. The van der Waals surface area contributed by atoms with Crippen LogP contribution in [0, 0.1) is 0 Å². The first kappa shape index (κ1) is 20.8. The minimum atomic E-state index is -0.822. The monoisotopic (exact) mass is 415 g/mol. The standard InChI is InChI=1S/C18H29N3O4S2/c1-25-14-8-6-13(7-9-14)21(12-4-2-3-5-12)18(24)20-17-19-10-16(27-17)26-11-15(22)23/h12-14,16H,2-11H2,1H3,(H,22,23)(H,19,20,24)/t13-,14-,16?. The van der Waals surface area contributed by atoms with Crippen molar-refractivity contribution < 1.29 is 19.4 Å². The van der Waals surface area contributed by atoms with E-state index in [9.17, 15) is 9.59 Å². The molecule has 2 N–H and O–H groups in total. The molecule has 1 atom stereocenters. The molecule has 0 spiro atoms. The molecule has 1 heterocycles. The van der Waals surface area contributed by atoms with Crippen LogP contribution in [0.15, 0.2) is 4.99 Å². The first-order chi connectivity index (χ1) is 13.1. The molecule has 1 aliphatic heterocycles. The van der Waals surface area contributed by atoms with E-state index in [-0.39, 0.29) is 22.4 Å². The number of hydrogen-bond acceptors (Lipinski definition) is 6. The number of amides is 2. The first-order valence-corrected chi connectivity index (χ1v) is 11.7. The average Bonchev–Trinajstić information content (AvgIpc) is 3.33. The molecule has 0 bridgehead atoms. The summed E-state index contributed by atoms with van der Waals surface area (Å²) < 4.78 is 5.54. The van der Waals surface area contributed by atoms with Gasteiger partial charge in [0.05, 0.1) is 23.0 Å². The second-order valence-electron chi connectivity index (χ2n) is 7.34. The Morgan fingerprint density at radius 2 is 1.89 bits per heavy atom. The number of ether oxygens (including phenoxy) is 1. The number of carbonyl (C=O) groups is 2. The van der Waals surface area contributed by atoms with Gasteiger partial charge >= 0.3 is 12.0 Å². The molecule has 3 rings (SSSR count). The van der Waals surface area contributed by atoms with E-state index in [2.05, 4.69) is 15.2 Å². The number of methoxy groups -OCH3 is 1. The number of aliphatic imine (C=N–C) groups is 1. The van der Waals surface area contributed by atoms with Crippen LogP contribution in [-0.2, 0) is 9.53 Å². The molecule has 0 aromatic rings. The normalized spacial score (nSPS) is 28.8. The van der Waals surface area contributed by atoms with E-state index in [0.717, 1.165) is 38.5 Å². The molecule has 0 saturated heterocycles. The topological polar surface area (TPSA) is 91.2 Å². The largest absolute Gasteiger partial charge is 0.481 e. The smallest absolute Gasteiger partial charge is 0.323 e. The van der Waals surface area contributed by atoms with Crippen molar-refractivity contribution in [3.8, 4) is 0 Å². The number of urea groups is 1. The van der Waals surface area contributed by atoms with Gasteiger partial charge in [0, 0.05) is 19.2 Å². The number of nitrogens with one attached hydrogen (secondary N) is 1. The Morgan fingerprint density at radius 3 is 2.52 bits per heavy atom. The Labute approximate surface area is 169 Å². The molecule has 2 aliphatic carbocycles. The molecular formula is C18H29N3O4S2. The quantitative estimate of drug-likeness (QED) is 0.692. The van der Waals surface area contributed by atoms with Gasteiger partial charge < -0.3 is 14.7 Å². The van der Waals surface area contributed by atoms with Gasteiger partial charge in [-0.05, 0) is 38.5 Å². The summed E-state index contributed by atoms with van der Waals surface area (Å²) in [6.07, 6.45) is 8.82. The Bertz CT molecular complexity index is 561. The molecule has 1 unspecified atom stereocenters. The highest BCUT2D eigenvalue weighted by Crippen LogP contribution is 2.33. The van der Waals surface area contributed by atoms with Crippen molar-refractivity contribution in [1.82, 2.24) is 10.2 Å². The van der Waals surface area contributed by atoms with Gasteiger partial charge in [0.15, 0.2) is 5.17 Å². The van der Waals surface area contributed by atoms with Crippen molar-refractivity contribution in [1.29, 1.82) is 0 Å². The van der Waals surface area contributed by atoms with Crippen LogP contribution >= 0.6 is 23.5 Å². The van der Waals surface area contributed by atoms with E-state index < -0.39 is 5.97 Å². The molecule has 152 valence electrons. The van der Waals surface area contributed by atoms with Crippen LogP contribution in [0.2, 0.25) is 0 Å². The summed E-state index contributed by atoms with van der Waals surface area (Å²) >= 11 is 2.82. The first-order valence-electron chi connectivity index (χ1n) is 9.73. The molecule has 0 aromatic carbocycles. The number of thioether (sulfide) groups is 2. The summed E-state index contributed by atoms with van der Waals surface area (Å²) in [4.78, 5) is 30.3. The van der Waals surface area contributed by atoms with E-state index in [1.807, 2.05) is 0 Å². The summed E-state index contributed by atoms with van der Waals surface area (Å²) in [5.74, 6) is -0.761. The van der Waals surface area contributed by atoms with E-state index in [1.54, 1.807) is 7.11 Å². The summed E-state index contributed by atoms with van der Waals surface area (Å²) in [5, 5.41) is 12.4. The highest BCUT2D eigenvalue weighted by molar-refractivity contribution is 8.25.